The van der Waals surface area contributed by atoms with Crippen LogP contribution in [-0.4, -0.2) is 26.0 Å². The van der Waals surface area contributed by atoms with Gasteiger partial charge in [0, 0.05) is 6.42 Å². The molecule has 0 amide bonds. The molecular formula is C19H17F3N2O4. The summed E-state index contributed by atoms with van der Waals surface area (Å²) in [5.41, 5.74) is -4.07. The van der Waals surface area contributed by atoms with Crippen LogP contribution in [0.2, 0.25) is 0 Å². The van der Waals surface area contributed by atoms with Gasteiger partial charge >= 0.3 is 6.18 Å². The van der Waals surface area contributed by atoms with Gasteiger partial charge in [-0.15, -0.1) is 0 Å². The number of aromatic nitrogens is 1. The number of fused-ring (bicyclic) bond motifs is 5. The van der Waals surface area contributed by atoms with Crippen LogP contribution >= 0.6 is 0 Å². The van der Waals surface area contributed by atoms with Crippen LogP contribution in [0.4, 0.5) is 13.2 Å². The van der Waals surface area contributed by atoms with Gasteiger partial charge in [-0.2, -0.15) is 18.4 Å². The highest BCUT2D eigenvalue weighted by Gasteiger charge is 2.64. The largest absolute Gasteiger partial charge is 0.494 e. The van der Waals surface area contributed by atoms with Crippen LogP contribution in [0.3, 0.4) is 0 Å². The lowest BCUT2D eigenvalue weighted by Crippen LogP contribution is -2.32. The molecule has 2 bridgehead atoms. The van der Waals surface area contributed by atoms with E-state index in [9.17, 15) is 28.5 Å². The first-order valence-corrected chi connectivity index (χ1v) is 8.54. The van der Waals surface area contributed by atoms with Crippen LogP contribution in [0.5, 0.6) is 11.8 Å². The Hall–Kier alpha value is -2.70. The molecule has 28 heavy (non-hydrogen) atoms. The summed E-state index contributed by atoms with van der Waals surface area (Å²) < 4.78 is 47.3. The van der Waals surface area contributed by atoms with Crippen LogP contribution in [0.25, 0.3) is 5.69 Å². The Morgan fingerprint density at radius 3 is 2.39 bits per heavy atom. The third-order valence-electron chi connectivity index (χ3n) is 5.88. The average Bonchev–Trinajstić information content (AvgIpc) is 3.08. The lowest BCUT2D eigenvalue weighted by Gasteiger charge is -2.25. The van der Waals surface area contributed by atoms with Crippen molar-refractivity contribution in [1.29, 1.82) is 5.26 Å². The average molecular weight is 394 g/mol. The molecule has 3 atom stereocenters. The number of hydrogen-bond donors (Lipinski definition) is 3. The van der Waals surface area contributed by atoms with Gasteiger partial charge in [0.15, 0.2) is 0 Å². The first kappa shape index (κ1) is 18.7. The van der Waals surface area contributed by atoms with Crippen LogP contribution in [-0.2, 0) is 22.1 Å². The van der Waals surface area contributed by atoms with Crippen molar-refractivity contribution >= 4 is 0 Å². The van der Waals surface area contributed by atoms with Gasteiger partial charge < -0.3 is 20.1 Å². The van der Waals surface area contributed by atoms with Crippen molar-refractivity contribution in [3.05, 3.63) is 39.9 Å². The third kappa shape index (κ3) is 2.04. The minimum Gasteiger partial charge on any atom is -0.494 e. The van der Waals surface area contributed by atoms with Gasteiger partial charge in [-0.3, -0.25) is 4.57 Å². The van der Waals surface area contributed by atoms with Crippen LogP contribution in [0, 0.1) is 18.3 Å². The van der Waals surface area contributed by atoms with E-state index < -0.39 is 46.4 Å². The predicted octanol–water partition coefficient (Wildman–Crippen LogP) is 3.31. The second-order valence-electron chi connectivity index (χ2n) is 7.63. The Bertz CT molecular complexity index is 1070. The second kappa shape index (κ2) is 5.21. The van der Waals surface area contributed by atoms with Crippen molar-refractivity contribution in [1.82, 2.24) is 4.57 Å². The third-order valence-corrected chi connectivity index (χ3v) is 5.88. The zero-order valence-corrected chi connectivity index (χ0v) is 15.2. The molecule has 2 unspecified atom stereocenters. The van der Waals surface area contributed by atoms with E-state index >= 15 is 0 Å². The molecule has 0 radical (unpaired) electrons. The first-order valence-electron chi connectivity index (χ1n) is 8.54. The van der Waals surface area contributed by atoms with E-state index in [0.29, 0.717) is 0 Å². The van der Waals surface area contributed by atoms with Crippen molar-refractivity contribution in [3.8, 4) is 23.5 Å². The van der Waals surface area contributed by atoms with Crippen molar-refractivity contribution < 1.29 is 33.2 Å². The molecule has 1 aromatic heterocycles. The molecule has 1 aromatic carbocycles. The summed E-state index contributed by atoms with van der Waals surface area (Å²) in [6, 6.07) is 3.76. The topological polar surface area (TPSA) is 98.6 Å². The standard InChI is InChI=1S/C19H17F3N2O4/c1-8-10(5-4-9(7-23)12(8)19(20,21)22)24-15(26)13-14(16(24)27)18(3)11(25)6-17(13,2)28-18/h4-5,11,25-27H,6H2,1-3H3/t11-,17?,18?/m1/s1. The molecule has 2 aromatic rings. The molecule has 148 valence electrons. The molecule has 4 rings (SSSR count). The minimum atomic E-state index is -4.79. The number of alkyl halides is 3. The molecule has 6 nitrogen and oxygen atoms in total. The molecule has 1 fully saturated rings. The van der Waals surface area contributed by atoms with Crippen molar-refractivity contribution in [2.24, 2.45) is 0 Å². The minimum absolute atomic E-state index is 0.114. The Labute approximate surface area is 158 Å². The van der Waals surface area contributed by atoms with Gasteiger partial charge in [0.1, 0.15) is 5.60 Å². The van der Waals surface area contributed by atoms with Crippen molar-refractivity contribution in [2.75, 3.05) is 0 Å². The van der Waals surface area contributed by atoms with Crippen LogP contribution in [0.1, 0.15) is 48.1 Å². The number of aliphatic hydroxyl groups is 1. The van der Waals surface area contributed by atoms with Crippen molar-refractivity contribution in [2.45, 2.75) is 50.7 Å². The summed E-state index contributed by atoms with van der Waals surface area (Å²) >= 11 is 0. The summed E-state index contributed by atoms with van der Waals surface area (Å²) in [6.07, 6.45) is -5.56. The van der Waals surface area contributed by atoms with Crippen molar-refractivity contribution in [3.63, 3.8) is 0 Å². The fourth-order valence-corrected chi connectivity index (χ4v) is 4.66. The predicted molar refractivity (Wildman–Crippen MR) is 90.0 cm³/mol. The molecular weight excluding hydrogens is 377 g/mol. The number of nitriles is 1. The molecule has 1 saturated heterocycles. The number of hydrogen-bond acceptors (Lipinski definition) is 5. The molecule has 2 aliphatic heterocycles. The van der Waals surface area contributed by atoms with E-state index in [-0.39, 0.29) is 28.8 Å². The Morgan fingerprint density at radius 2 is 1.82 bits per heavy atom. The zero-order chi connectivity index (χ0) is 20.8. The monoisotopic (exact) mass is 394 g/mol. The van der Waals surface area contributed by atoms with Gasteiger partial charge in [0.05, 0.1) is 45.7 Å². The lowest BCUT2D eigenvalue weighted by molar-refractivity contribution is -0.138. The second-order valence-corrected chi connectivity index (χ2v) is 7.63. The first-order chi connectivity index (χ1) is 12.9. The maximum absolute atomic E-state index is 13.5. The van der Waals surface area contributed by atoms with E-state index in [0.717, 1.165) is 10.6 Å². The Balaban J connectivity index is 2.03. The molecule has 0 aliphatic carbocycles. The van der Waals surface area contributed by atoms with Gasteiger partial charge in [0.25, 0.3) is 0 Å². The van der Waals surface area contributed by atoms with E-state index in [4.69, 9.17) is 10.00 Å². The van der Waals surface area contributed by atoms with Gasteiger partial charge in [0.2, 0.25) is 11.8 Å². The molecule has 2 aliphatic rings. The van der Waals surface area contributed by atoms with Gasteiger partial charge in [-0.1, -0.05) is 0 Å². The summed E-state index contributed by atoms with van der Waals surface area (Å²) in [6.45, 7) is 4.38. The highest BCUT2D eigenvalue weighted by atomic mass is 19.4. The highest BCUT2D eigenvalue weighted by Crippen LogP contribution is 2.64. The molecule has 0 saturated carbocycles. The summed E-state index contributed by atoms with van der Waals surface area (Å²) in [7, 11) is 0. The number of aliphatic hydroxyl groups excluding tert-OH is 1. The molecule has 0 spiro atoms. The summed E-state index contributed by atoms with van der Waals surface area (Å²) in [5, 5.41) is 41.0. The van der Waals surface area contributed by atoms with Crippen LogP contribution < -0.4 is 0 Å². The van der Waals surface area contributed by atoms with E-state index in [1.165, 1.54) is 19.1 Å². The molecule has 9 heteroatoms. The Morgan fingerprint density at radius 1 is 1.21 bits per heavy atom. The summed E-state index contributed by atoms with van der Waals surface area (Å²) in [4.78, 5) is 0. The summed E-state index contributed by atoms with van der Waals surface area (Å²) in [5.74, 6) is -0.954. The normalized spacial score (nSPS) is 28.4. The SMILES string of the molecule is Cc1c(-n2c(O)c3c(c2O)C2(C)OC3(C)C[C@H]2O)ccc(C#N)c1C(F)(F)F. The number of rotatable bonds is 1. The highest BCUT2D eigenvalue weighted by molar-refractivity contribution is 5.64. The molecule has 3 N–H and O–H groups in total. The maximum atomic E-state index is 13.5. The Kier molecular flexibility index (Phi) is 3.47. The quantitative estimate of drug-likeness (QED) is 0.689. The number of ether oxygens (including phenoxy) is 1. The van der Waals surface area contributed by atoms with Crippen LogP contribution in [0.15, 0.2) is 12.1 Å². The number of aromatic hydroxyl groups is 2. The maximum Gasteiger partial charge on any atom is 0.418 e. The molecule has 3 heterocycles. The van der Waals surface area contributed by atoms with E-state index in [1.54, 1.807) is 13.8 Å². The van der Waals surface area contributed by atoms with Gasteiger partial charge in [-0.25, -0.2) is 0 Å². The van der Waals surface area contributed by atoms with E-state index in [1.807, 2.05) is 0 Å². The number of nitrogens with zero attached hydrogens (tertiary/aromatic N) is 2. The van der Waals surface area contributed by atoms with E-state index in [2.05, 4.69) is 0 Å². The number of halogens is 3. The number of benzene rings is 1. The fourth-order valence-electron chi connectivity index (χ4n) is 4.66. The lowest BCUT2D eigenvalue weighted by atomic mass is 9.78. The van der Waals surface area contributed by atoms with Gasteiger partial charge in [-0.05, 0) is 38.5 Å². The fraction of sp³-hybridized carbons (Fsp3) is 0.421. The zero-order valence-electron chi connectivity index (χ0n) is 15.2. The smallest absolute Gasteiger partial charge is 0.418 e.